The van der Waals surface area contributed by atoms with Crippen LogP contribution in [0.15, 0.2) is 42.5 Å². The summed E-state index contributed by atoms with van der Waals surface area (Å²) in [7, 11) is 0. The lowest BCUT2D eigenvalue weighted by Gasteiger charge is -2.21. The van der Waals surface area contributed by atoms with Crippen LogP contribution in [0.1, 0.15) is 24.1 Å². The summed E-state index contributed by atoms with van der Waals surface area (Å²) in [5.41, 5.74) is 1.18. The molecule has 0 heterocycles. The maximum absolute atomic E-state index is 11.5. The van der Waals surface area contributed by atoms with E-state index in [0.717, 1.165) is 5.56 Å². The third-order valence-corrected chi connectivity index (χ3v) is 3.60. The number of hydrogen-bond donors (Lipinski definition) is 5. The minimum atomic E-state index is -1.02. The second-order valence-electron chi connectivity index (χ2n) is 5.39. The van der Waals surface area contributed by atoms with Crippen molar-refractivity contribution in [2.24, 2.45) is 0 Å². The highest BCUT2D eigenvalue weighted by molar-refractivity contribution is 5.74. The van der Waals surface area contributed by atoms with Crippen molar-refractivity contribution in [2.45, 2.75) is 25.4 Å². The molecule has 0 fully saturated rings. The molecule has 0 aromatic heterocycles. The summed E-state index contributed by atoms with van der Waals surface area (Å²) in [6.45, 7) is 1.71. The number of phenols is 3. The Hall–Kier alpha value is -2.73. The first kappa shape index (κ1) is 16.6. The Kier molecular flexibility index (Phi) is 5.08. The summed E-state index contributed by atoms with van der Waals surface area (Å²) in [5.74, 6) is -0.926. The van der Waals surface area contributed by atoms with Crippen LogP contribution in [0.3, 0.4) is 0 Å². The molecule has 0 aliphatic carbocycles. The molecule has 2 aromatic carbocycles. The molecule has 2 aromatic rings. The molecular formula is C17H19NO5. The fourth-order valence-corrected chi connectivity index (χ4v) is 2.37. The van der Waals surface area contributed by atoms with Crippen molar-refractivity contribution in [2.75, 3.05) is 0 Å². The maximum Gasteiger partial charge on any atom is 0.321 e. The Balaban J connectivity index is 2.14. The van der Waals surface area contributed by atoms with Gasteiger partial charge in [0, 0.05) is 11.6 Å². The molecule has 6 heteroatoms. The summed E-state index contributed by atoms with van der Waals surface area (Å²) in [6, 6.07) is 9.07. The molecule has 2 atom stereocenters. The van der Waals surface area contributed by atoms with Gasteiger partial charge in [-0.25, -0.2) is 0 Å². The van der Waals surface area contributed by atoms with Crippen molar-refractivity contribution >= 4 is 5.97 Å². The number of aromatic hydroxyl groups is 3. The van der Waals surface area contributed by atoms with Gasteiger partial charge in [0.05, 0.1) is 0 Å². The number of nitrogens with one attached hydrogen (secondary N) is 1. The lowest BCUT2D eigenvalue weighted by Crippen LogP contribution is -2.40. The summed E-state index contributed by atoms with van der Waals surface area (Å²) < 4.78 is 0. The van der Waals surface area contributed by atoms with E-state index < -0.39 is 18.1 Å². The zero-order chi connectivity index (χ0) is 17.0. The summed E-state index contributed by atoms with van der Waals surface area (Å²) >= 11 is 0. The van der Waals surface area contributed by atoms with Crippen molar-refractivity contribution in [1.82, 2.24) is 5.32 Å². The van der Waals surface area contributed by atoms with E-state index in [0.29, 0.717) is 5.56 Å². The van der Waals surface area contributed by atoms with Gasteiger partial charge in [0.1, 0.15) is 23.3 Å². The number of phenolic OH excluding ortho intramolecular Hbond substituents is 3. The summed E-state index contributed by atoms with van der Waals surface area (Å²) in [4.78, 5) is 11.5. The molecule has 0 spiro atoms. The van der Waals surface area contributed by atoms with E-state index in [4.69, 9.17) is 0 Å². The van der Waals surface area contributed by atoms with E-state index >= 15 is 0 Å². The van der Waals surface area contributed by atoms with Crippen LogP contribution in [-0.4, -0.2) is 32.4 Å². The maximum atomic E-state index is 11.5. The number of rotatable bonds is 6. The zero-order valence-electron chi connectivity index (χ0n) is 12.6. The number of carbonyl (C=O) groups is 1. The standard InChI is InChI=1S/C17H19NO5/c1-10(14-9-13(20)6-7-16(14)21)18-15(17(22)23)8-11-2-4-12(19)5-3-11/h2-7,9-10,15,18-21H,8H2,1H3,(H,22,23). The zero-order valence-corrected chi connectivity index (χ0v) is 12.6. The van der Waals surface area contributed by atoms with Crippen molar-refractivity contribution in [3.05, 3.63) is 53.6 Å². The average Bonchev–Trinajstić information content (AvgIpc) is 2.51. The average molecular weight is 317 g/mol. The first-order valence-electron chi connectivity index (χ1n) is 7.15. The van der Waals surface area contributed by atoms with Crippen LogP contribution in [0.2, 0.25) is 0 Å². The van der Waals surface area contributed by atoms with Crippen LogP contribution in [0.4, 0.5) is 0 Å². The van der Waals surface area contributed by atoms with Crippen molar-refractivity contribution in [1.29, 1.82) is 0 Å². The van der Waals surface area contributed by atoms with E-state index in [1.54, 1.807) is 19.1 Å². The second-order valence-corrected chi connectivity index (χ2v) is 5.39. The first-order valence-corrected chi connectivity index (χ1v) is 7.15. The fraction of sp³-hybridized carbons (Fsp3) is 0.235. The predicted octanol–water partition coefficient (Wildman–Crippen LogP) is 2.15. The van der Waals surface area contributed by atoms with Crippen LogP contribution in [0.5, 0.6) is 17.2 Å². The quantitative estimate of drug-likeness (QED) is 0.522. The topological polar surface area (TPSA) is 110 Å². The van der Waals surface area contributed by atoms with Crippen molar-refractivity contribution < 1.29 is 25.2 Å². The molecule has 2 rings (SSSR count). The van der Waals surface area contributed by atoms with E-state index in [9.17, 15) is 25.2 Å². The van der Waals surface area contributed by atoms with Gasteiger partial charge in [-0.3, -0.25) is 10.1 Å². The molecular weight excluding hydrogens is 298 g/mol. The lowest BCUT2D eigenvalue weighted by atomic mass is 10.0. The smallest absolute Gasteiger partial charge is 0.321 e. The second kappa shape index (κ2) is 7.02. The molecule has 2 unspecified atom stereocenters. The van der Waals surface area contributed by atoms with E-state index in [2.05, 4.69) is 5.32 Å². The van der Waals surface area contributed by atoms with Gasteiger partial charge in [0.2, 0.25) is 0 Å². The lowest BCUT2D eigenvalue weighted by molar-refractivity contribution is -0.139. The number of hydrogen-bond acceptors (Lipinski definition) is 5. The van der Waals surface area contributed by atoms with Crippen molar-refractivity contribution in [3.8, 4) is 17.2 Å². The Morgan fingerprint density at radius 3 is 2.26 bits per heavy atom. The minimum absolute atomic E-state index is 0.00291. The number of carboxylic acids is 1. The van der Waals surface area contributed by atoms with Crippen LogP contribution in [-0.2, 0) is 11.2 Å². The third-order valence-electron chi connectivity index (χ3n) is 3.60. The van der Waals surface area contributed by atoms with Crippen LogP contribution < -0.4 is 5.32 Å². The fourth-order valence-electron chi connectivity index (χ4n) is 2.37. The minimum Gasteiger partial charge on any atom is -0.508 e. The summed E-state index contributed by atoms with van der Waals surface area (Å²) in [5, 5.41) is 40.9. The number of aliphatic carboxylic acids is 1. The van der Waals surface area contributed by atoms with Crippen LogP contribution in [0.25, 0.3) is 0 Å². The first-order chi connectivity index (χ1) is 10.9. The normalized spacial score (nSPS) is 13.4. The van der Waals surface area contributed by atoms with Gasteiger partial charge in [-0.15, -0.1) is 0 Å². The van der Waals surface area contributed by atoms with E-state index in [1.165, 1.54) is 30.3 Å². The van der Waals surface area contributed by atoms with Gasteiger partial charge in [0.15, 0.2) is 0 Å². The van der Waals surface area contributed by atoms with Gasteiger partial charge < -0.3 is 20.4 Å². The third kappa shape index (κ3) is 4.37. The Labute approximate surface area is 133 Å². The van der Waals surface area contributed by atoms with E-state index in [-0.39, 0.29) is 23.7 Å². The largest absolute Gasteiger partial charge is 0.508 e. The highest BCUT2D eigenvalue weighted by atomic mass is 16.4. The van der Waals surface area contributed by atoms with Crippen LogP contribution in [0, 0.1) is 0 Å². The van der Waals surface area contributed by atoms with Gasteiger partial charge in [-0.2, -0.15) is 0 Å². The highest BCUT2D eigenvalue weighted by Gasteiger charge is 2.22. The molecule has 6 nitrogen and oxygen atoms in total. The highest BCUT2D eigenvalue weighted by Crippen LogP contribution is 2.28. The molecule has 0 saturated heterocycles. The Bertz CT molecular complexity index is 684. The molecule has 122 valence electrons. The Morgan fingerprint density at radius 1 is 1.04 bits per heavy atom. The molecule has 0 aliphatic heterocycles. The van der Waals surface area contributed by atoms with Gasteiger partial charge in [0.25, 0.3) is 0 Å². The molecule has 0 aliphatic rings. The Morgan fingerprint density at radius 2 is 1.65 bits per heavy atom. The molecule has 23 heavy (non-hydrogen) atoms. The molecule has 0 radical (unpaired) electrons. The van der Waals surface area contributed by atoms with Crippen LogP contribution >= 0.6 is 0 Å². The predicted molar refractivity (Wildman–Crippen MR) is 84.6 cm³/mol. The van der Waals surface area contributed by atoms with Gasteiger partial charge in [-0.05, 0) is 49.2 Å². The molecule has 0 bridgehead atoms. The monoisotopic (exact) mass is 317 g/mol. The molecule has 5 N–H and O–H groups in total. The molecule has 0 amide bonds. The number of benzene rings is 2. The number of carboxylic acid groups (broad SMARTS) is 1. The SMILES string of the molecule is CC(NC(Cc1ccc(O)cc1)C(=O)O)c1cc(O)ccc1O. The van der Waals surface area contributed by atoms with E-state index in [1.807, 2.05) is 0 Å². The van der Waals surface area contributed by atoms with Gasteiger partial charge in [-0.1, -0.05) is 12.1 Å². The van der Waals surface area contributed by atoms with Gasteiger partial charge >= 0.3 is 5.97 Å². The van der Waals surface area contributed by atoms with Crippen molar-refractivity contribution in [3.63, 3.8) is 0 Å². The summed E-state index contributed by atoms with van der Waals surface area (Å²) in [6.07, 6.45) is 0.222. The molecule has 0 saturated carbocycles.